The molecule has 0 aliphatic rings. The lowest BCUT2D eigenvalue weighted by Gasteiger charge is -2.15. The summed E-state index contributed by atoms with van der Waals surface area (Å²) in [7, 11) is 1.59. The van der Waals surface area contributed by atoms with Crippen molar-refractivity contribution in [2.24, 2.45) is 0 Å². The molecular formula is C12H15F2NO3. The van der Waals surface area contributed by atoms with Crippen LogP contribution in [0.4, 0.5) is 8.78 Å². The third-order valence-corrected chi connectivity index (χ3v) is 2.37. The summed E-state index contributed by atoms with van der Waals surface area (Å²) in [6.07, 6.45) is 0.158. The molecule has 0 aliphatic carbocycles. The van der Waals surface area contributed by atoms with Gasteiger partial charge < -0.3 is 14.7 Å². The Morgan fingerprint density at radius 3 is 2.50 bits per heavy atom. The molecule has 0 saturated carbocycles. The highest BCUT2D eigenvalue weighted by atomic mass is 19.3. The predicted molar refractivity (Wildman–Crippen MR) is 61.5 cm³/mol. The first kappa shape index (κ1) is 14.4. The number of hydrogen-bond acceptors (Lipinski definition) is 3. The Morgan fingerprint density at radius 2 is 2.00 bits per heavy atom. The fourth-order valence-corrected chi connectivity index (χ4v) is 1.37. The molecular weight excluding hydrogens is 244 g/mol. The van der Waals surface area contributed by atoms with Crippen molar-refractivity contribution in [2.75, 3.05) is 20.2 Å². The molecule has 1 amide bonds. The van der Waals surface area contributed by atoms with Crippen LogP contribution in [0.3, 0.4) is 0 Å². The number of rotatable bonds is 6. The van der Waals surface area contributed by atoms with Crippen molar-refractivity contribution in [3.63, 3.8) is 0 Å². The average molecular weight is 259 g/mol. The van der Waals surface area contributed by atoms with Gasteiger partial charge in [0, 0.05) is 13.6 Å². The summed E-state index contributed by atoms with van der Waals surface area (Å²) in [6.45, 7) is -2.68. The Bertz CT molecular complexity index is 381. The Balaban J connectivity index is 2.55. The minimum Gasteiger partial charge on any atom is -0.435 e. The molecule has 4 nitrogen and oxygen atoms in total. The smallest absolute Gasteiger partial charge is 0.387 e. The molecule has 0 atom stereocenters. The van der Waals surface area contributed by atoms with Gasteiger partial charge in [0.1, 0.15) is 5.75 Å². The number of aliphatic hydroxyl groups is 1. The Morgan fingerprint density at radius 1 is 1.39 bits per heavy atom. The van der Waals surface area contributed by atoms with Crippen LogP contribution in [0.5, 0.6) is 5.75 Å². The van der Waals surface area contributed by atoms with E-state index < -0.39 is 6.61 Å². The monoisotopic (exact) mass is 259 g/mol. The summed E-state index contributed by atoms with van der Waals surface area (Å²) in [5.74, 6) is -0.0866. The number of carbonyl (C=O) groups is 1. The summed E-state index contributed by atoms with van der Waals surface area (Å²) < 4.78 is 28.0. The molecule has 0 heterocycles. The van der Waals surface area contributed by atoms with Crippen molar-refractivity contribution in [2.45, 2.75) is 13.0 Å². The van der Waals surface area contributed by atoms with Gasteiger partial charge in [0.15, 0.2) is 0 Å². The minimum absolute atomic E-state index is 0.0601. The van der Waals surface area contributed by atoms with E-state index in [-0.39, 0.29) is 31.2 Å². The van der Waals surface area contributed by atoms with Crippen molar-refractivity contribution in [1.29, 1.82) is 0 Å². The van der Waals surface area contributed by atoms with Crippen LogP contribution in [0.1, 0.15) is 5.56 Å². The van der Waals surface area contributed by atoms with Crippen LogP contribution in [0.25, 0.3) is 0 Å². The van der Waals surface area contributed by atoms with Gasteiger partial charge in [-0.15, -0.1) is 0 Å². The number of amides is 1. The molecule has 6 heteroatoms. The van der Waals surface area contributed by atoms with E-state index >= 15 is 0 Å². The molecule has 0 bridgehead atoms. The number of aliphatic hydroxyl groups excluding tert-OH is 1. The molecule has 1 aromatic carbocycles. The average Bonchev–Trinajstić information content (AvgIpc) is 2.31. The van der Waals surface area contributed by atoms with E-state index in [1.807, 2.05) is 0 Å². The first-order valence-electron chi connectivity index (χ1n) is 5.41. The Hall–Kier alpha value is -1.69. The highest BCUT2D eigenvalue weighted by molar-refractivity contribution is 5.78. The van der Waals surface area contributed by atoms with E-state index in [0.29, 0.717) is 5.56 Å². The van der Waals surface area contributed by atoms with Crippen LogP contribution in [0, 0.1) is 0 Å². The van der Waals surface area contributed by atoms with Gasteiger partial charge in [-0.05, 0) is 17.7 Å². The molecule has 0 aromatic heterocycles. The molecule has 0 saturated heterocycles. The van der Waals surface area contributed by atoms with Crippen molar-refractivity contribution >= 4 is 5.91 Å². The second-order valence-electron chi connectivity index (χ2n) is 3.74. The summed E-state index contributed by atoms with van der Waals surface area (Å²) in [5, 5.41) is 8.69. The van der Waals surface area contributed by atoms with Crippen LogP contribution in [0.2, 0.25) is 0 Å². The number of alkyl halides is 2. The van der Waals surface area contributed by atoms with Crippen LogP contribution >= 0.6 is 0 Å². The lowest BCUT2D eigenvalue weighted by Crippen LogP contribution is -2.30. The molecule has 0 unspecified atom stereocenters. The molecule has 0 radical (unpaired) electrons. The maximum atomic E-state index is 11.9. The van der Waals surface area contributed by atoms with Crippen LogP contribution < -0.4 is 4.74 Å². The predicted octanol–water partition coefficient (Wildman–Crippen LogP) is 1.28. The zero-order valence-electron chi connectivity index (χ0n) is 9.97. The second-order valence-corrected chi connectivity index (χ2v) is 3.74. The highest BCUT2D eigenvalue weighted by Crippen LogP contribution is 2.15. The van der Waals surface area contributed by atoms with Gasteiger partial charge in [0.25, 0.3) is 0 Å². The topological polar surface area (TPSA) is 49.8 Å². The lowest BCUT2D eigenvalue weighted by atomic mass is 10.1. The quantitative estimate of drug-likeness (QED) is 0.837. The number of likely N-dealkylation sites (N-methyl/N-ethyl adjacent to an activating group) is 1. The lowest BCUT2D eigenvalue weighted by molar-refractivity contribution is -0.129. The van der Waals surface area contributed by atoms with Gasteiger partial charge in [0.05, 0.1) is 13.0 Å². The largest absolute Gasteiger partial charge is 0.435 e. The van der Waals surface area contributed by atoms with Crippen molar-refractivity contribution in [3.05, 3.63) is 29.8 Å². The number of benzene rings is 1. The molecule has 1 rings (SSSR count). The molecule has 1 N–H and O–H groups in total. The summed E-state index contributed by atoms with van der Waals surface area (Å²) in [4.78, 5) is 13.0. The van der Waals surface area contributed by atoms with E-state index in [2.05, 4.69) is 4.74 Å². The first-order valence-corrected chi connectivity index (χ1v) is 5.41. The minimum atomic E-state index is -2.85. The Kier molecular flexibility index (Phi) is 5.51. The number of nitrogens with zero attached hydrogens (tertiary/aromatic N) is 1. The third-order valence-electron chi connectivity index (χ3n) is 2.37. The first-order chi connectivity index (χ1) is 8.52. The standard InChI is InChI=1S/C12H15F2NO3/c1-15(6-7-16)11(17)8-9-2-4-10(5-3-9)18-12(13)14/h2-5,12,16H,6-8H2,1H3. The van der Waals surface area contributed by atoms with Crippen LogP contribution in [0.15, 0.2) is 24.3 Å². The van der Waals surface area contributed by atoms with Gasteiger partial charge in [-0.25, -0.2) is 0 Å². The SMILES string of the molecule is CN(CCO)C(=O)Cc1ccc(OC(F)F)cc1. The number of carbonyl (C=O) groups excluding carboxylic acids is 1. The van der Waals surface area contributed by atoms with E-state index in [4.69, 9.17) is 5.11 Å². The van der Waals surface area contributed by atoms with E-state index in [0.717, 1.165) is 0 Å². The van der Waals surface area contributed by atoms with Crippen molar-refractivity contribution in [1.82, 2.24) is 4.90 Å². The zero-order chi connectivity index (χ0) is 13.5. The number of halogens is 2. The van der Waals surface area contributed by atoms with Crippen molar-refractivity contribution < 1.29 is 23.4 Å². The number of ether oxygens (including phenoxy) is 1. The normalized spacial score (nSPS) is 10.5. The van der Waals surface area contributed by atoms with E-state index in [1.165, 1.54) is 17.0 Å². The summed E-state index contributed by atoms with van der Waals surface area (Å²) in [5.41, 5.74) is 0.700. The summed E-state index contributed by atoms with van der Waals surface area (Å²) in [6, 6.07) is 5.90. The third kappa shape index (κ3) is 4.67. The highest BCUT2D eigenvalue weighted by Gasteiger charge is 2.09. The van der Waals surface area contributed by atoms with Gasteiger partial charge >= 0.3 is 6.61 Å². The fourth-order valence-electron chi connectivity index (χ4n) is 1.37. The molecule has 18 heavy (non-hydrogen) atoms. The van der Waals surface area contributed by atoms with E-state index in [1.54, 1.807) is 19.2 Å². The number of hydrogen-bond donors (Lipinski definition) is 1. The molecule has 100 valence electrons. The summed E-state index contributed by atoms with van der Waals surface area (Å²) >= 11 is 0. The second kappa shape index (κ2) is 6.90. The Labute approximate surface area is 104 Å². The van der Waals surface area contributed by atoms with Gasteiger partial charge in [-0.2, -0.15) is 8.78 Å². The van der Waals surface area contributed by atoms with Gasteiger partial charge in [-0.3, -0.25) is 4.79 Å². The zero-order valence-corrected chi connectivity index (χ0v) is 9.97. The van der Waals surface area contributed by atoms with Gasteiger partial charge in [0.2, 0.25) is 5.91 Å². The van der Waals surface area contributed by atoms with Gasteiger partial charge in [-0.1, -0.05) is 12.1 Å². The molecule has 0 aliphatic heterocycles. The van der Waals surface area contributed by atoms with Crippen LogP contribution in [-0.4, -0.2) is 42.7 Å². The van der Waals surface area contributed by atoms with Crippen molar-refractivity contribution in [3.8, 4) is 5.75 Å². The molecule has 1 aromatic rings. The fraction of sp³-hybridized carbons (Fsp3) is 0.417. The maximum Gasteiger partial charge on any atom is 0.387 e. The molecule has 0 spiro atoms. The van der Waals surface area contributed by atoms with E-state index in [9.17, 15) is 13.6 Å². The molecule has 0 fully saturated rings. The van der Waals surface area contributed by atoms with Crippen LogP contribution in [-0.2, 0) is 11.2 Å². The maximum absolute atomic E-state index is 11.9.